The molecule has 3 aromatic rings. The molecule has 0 aliphatic rings. The van der Waals surface area contributed by atoms with Crippen molar-refractivity contribution in [3.63, 3.8) is 0 Å². The number of carbonyl (C=O) groups is 2. The van der Waals surface area contributed by atoms with E-state index in [4.69, 9.17) is 0 Å². The average Bonchev–Trinajstić information content (AvgIpc) is 2.62. The first kappa shape index (κ1) is 15.7. The number of carbonyl (C=O) groups excluding carboxylic acids is 2. The van der Waals surface area contributed by atoms with E-state index >= 15 is 0 Å². The number of rotatable bonds is 4. The fourth-order valence-corrected chi connectivity index (χ4v) is 2.68. The number of hydrogen-bond donors (Lipinski definition) is 1. The van der Waals surface area contributed by atoms with Gasteiger partial charge in [0.25, 0.3) is 5.91 Å². The minimum absolute atomic E-state index is 0.238. The molecule has 24 heavy (non-hydrogen) atoms. The summed E-state index contributed by atoms with van der Waals surface area (Å²) in [4.78, 5) is 25.4. The van der Waals surface area contributed by atoms with Gasteiger partial charge in [-0.2, -0.15) is 0 Å². The lowest BCUT2D eigenvalue weighted by Gasteiger charge is -2.19. The maximum atomic E-state index is 13.1. The summed E-state index contributed by atoms with van der Waals surface area (Å²) in [6.45, 7) is 0. The summed E-state index contributed by atoms with van der Waals surface area (Å²) in [6, 6.07) is 16.2. The number of hydrogen-bond acceptors (Lipinski definition) is 3. The zero-order chi connectivity index (χ0) is 17.1. The molecule has 0 spiro atoms. The van der Waals surface area contributed by atoms with Gasteiger partial charge in [0.15, 0.2) is 0 Å². The molecule has 0 bridgehead atoms. The number of fused-ring (bicyclic) bond motifs is 1. The maximum Gasteiger partial charge on any atom is 0.264 e. The van der Waals surface area contributed by atoms with Crippen LogP contribution in [-0.2, 0) is 4.79 Å². The van der Waals surface area contributed by atoms with Gasteiger partial charge in [0.1, 0.15) is 5.82 Å². The second-order valence-corrected chi connectivity index (χ2v) is 5.22. The van der Waals surface area contributed by atoms with Crippen LogP contribution >= 0.6 is 0 Å². The second kappa shape index (κ2) is 6.50. The van der Waals surface area contributed by atoms with Crippen LogP contribution in [0.3, 0.4) is 0 Å². The Morgan fingerprint density at radius 2 is 1.71 bits per heavy atom. The van der Waals surface area contributed by atoms with Crippen molar-refractivity contribution < 1.29 is 14.0 Å². The maximum absolute atomic E-state index is 13.1. The summed E-state index contributed by atoms with van der Waals surface area (Å²) in [7, 11) is 1.78. The molecule has 3 rings (SSSR count). The van der Waals surface area contributed by atoms with Crippen LogP contribution in [0.25, 0.3) is 10.8 Å². The Balaban J connectivity index is 2.15. The Bertz CT molecular complexity index is 902. The number of nitrogens with zero attached hydrogens (tertiary/aromatic N) is 1. The third-order valence-electron chi connectivity index (χ3n) is 3.83. The first-order valence-corrected chi connectivity index (χ1v) is 7.39. The van der Waals surface area contributed by atoms with E-state index < -0.39 is 11.7 Å². The largest absolute Gasteiger partial charge is 0.388 e. The fourth-order valence-electron chi connectivity index (χ4n) is 2.68. The van der Waals surface area contributed by atoms with Crippen LogP contribution in [0.15, 0.2) is 60.7 Å². The summed E-state index contributed by atoms with van der Waals surface area (Å²) in [5.41, 5.74) is 1.52. The first-order chi connectivity index (χ1) is 11.7. The van der Waals surface area contributed by atoms with Gasteiger partial charge in [-0.3, -0.25) is 9.59 Å². The van der Waals surface area contributed by atoms with Crippen molar-refractivity contribution in [1.29, 1.82) is 0 Å². The highest BCUT2D eigenvalue weighted by Gasteiger charge is 2.20. The molecule has 0 atom stereocenters. The van der Waals surface area contributed by atoms with Crippen molar-refractivity contribution in [2.24, 2.45) is 0 Å². The Hall–Kier alpha value is -3.21. The predicted molar refractivity (Wildman–Crippen MR) is 92.8 cm³/mol. The molecule has 0 aliphatic carbocycles. The summed E-state index contributed by atoms with van der Waals surface area (Å²) in [5, 5.41) is 4.74. The molecule has 3 aromatic carbocycles. The van der Waals surface area contributed by atoms with Crippen molar-refractivity contribution >= 4 is 34.5 Å². The quantitative estimate of drug-likeness (QED) is 0.743. The number of anilines is 2. The Labute approximate surface area is 138 Å². The third-order valence-corrected chi connectivity index (χ3v) is 3.83. The molecular formula is C19H15FN2O2. The Morgan fingerprint density at radius 3 is 2.33 bits per heavy atom. The molecule has 0 fully saturated rings. The van der Waals surface area contributed by atoms with Crippen molar-refractivity contribution in [2.45, 2.75) is 0 Å². The average molecular weight is 322 g/mol. The van der Waals surface area contributed by atoms with Gasteiger partial charge in [-0.25, -0.2) is 9.29 Å². The smallest absolute Gasteiger partial charge is 0.264 e. The van der Waals surface area contributed by atoms with Crippen molar-refractivity contribution in [1.82, 2.24) is 0 Å². The van der Waals surface area contributed by atoms with E-state index in [0.717, 1.165) is 21.4 Å². The molecule has 5 heteroatoms. The van der Waals surface area contributed by atoms with Gasteiger partial charge in [0.05, 0.1) is 5.69 Å². The number of imide groups is 1. The van der Waals surface area contributed by atoms with Crippen LogP contribution in [0.1, 0.15) is 10.4 Å². The minimum Gasteiger partial charge on any atom is -0.388 e. The number of nitrogens with one attached hydrogen (secondary N) is 1. The predicted octanol–water partition coefficient (Wildman–Crippen LogP) is 3.82. The van der Waals surface area contributed by atoms with Crippen LogP contribution in [-0.4, -0.2) is 19.4 Å². The van der Waals surface area contributed by atoms with E-state index in [2.05, 4.69) is 5.32 Å². The zero-order valence-electron chi connectivity index (χ0n) is 13.0. The third kappa shape index (κ3) is 2.72. The van der Waals surface area contributed by atoms with Gasteiger partial charge in [-0.1, -0.05) is 24.3 Å². The standard InChI is InChI=1S/C19H15FN2O2/c1-21-16-6-2-4-13-5-3-7-17(18(13)16)22(12-23)19(24)14-8-10-15(20)11-9-14/h2-12,21H,1H3. The monoisotopic (exact) mass is 322 g/mol. The molecule has 0 heterocycles. The summed E-state index contributed by atoms with van der Waals surface area (Å²) < 4.78 is 13.1. The molecule has 1 N–H and O–H groups in total. The van der Waals surface area contributed by atoms with Crippen molar-refractivity contribution in [3.8, 4) is 0 Å². The number of amides is 2. The highest BCUT2D eigenvalue weighted by molar-refractivity contribution is 6.20. The molecule has 4 nitrogen and oxygen atoms in total. The van der Waals surface area contributed by atoms with E-state index in [-0.39, 0.29) is 5.56 Å². The summed E-state index contributed by atoms with van der Waals surface area (Å²) >= 11 is 0. The molecule has 120 valence electrons. The molecular weight excluding hydrogens is 307 g/mol. The first-order valence-electron chi connectivity index (χ1n) is 7.39. The van der Waals surface area contributed by atoms with Gasteiger partial charge in [-0.15, -0.1) is 0 Å². The topological polar surface area (TPSA) is 49.4 Å². The highest BCUT2D eigenvalue weighted by Crippen LogP contribution is 2.33. The van der Waals surface area contributed by atoms with Gasteiger partial charge >= 0.3 is 0 Å². The summed E-state index contributed by atoms with van der Waals surface area (Å²) in [6.07, 6.45) is 0.479. The van der Waals surface area contributed by atoms with Crippen LogP contribution in [0, 0.1) is 5.82 Å². The summed E-state index contributed by atoms with van der Waals surface area (Å²) in [5.74, 6) is -0.949. The van der Waals surface area contributed by atoms with Gasteiger partial charge in [-0.05, 0) is 41.8 Å². The zero-order valence-corrected chi connectivity index (χ0v) is 13.0. The van der Waals surface area contributed by atoms with Crippen molar-refractivity contribution in [2.75, 3.05) is 17.3 Å². The fraction of sp³-hybridized carbons (Fsp3) is 0.0526. The lowest BCUT2D eigenvalue weighted by Crippen LogP contribution is -2.29. The molecule has 0 aromatic heterocycles. The normalized spacial score (nSPS) is 10.4. The van der Waals surface area contributed by atoms with Crippen LogP contribution < -0.4 is 10.2 Å². The van der Waals surface area contributed by atoms with Crippen molar-refractivity contribution in [3.05, 3.63) is 72.0 Å². The van der Waals surface area contributed by atoms with Crippen LogP contribution in [0.5, 0.6) is 0 Å². The second-order valence-electron chi connectivity index (χ2n) is 5.22. The molecule has 0 saturated carbocycles. The van der Waals surface area contributed by atoms with E-state index in [1.807, 2.05) is 24.3 Å². The van der Waals surface area contributed by atoms with E-state index in [9.17, 15) is 14.0 Å². The molecule has 0 saturated heterocycles. The lowest BCUT2D eigenvalue weighted by molar-refractivity contribution is -0.106. The van der Waals surface area contributed by atoms with Crippen LogP contribution in [0.2, 0.25) is 0 Å². The number of benzene rings is 3. The SMILES string of the molecule is CNc1cccc2cccc(N(C=O)C(=O)c3ccc(F)cc3)c12. The van der Waals surface area contributed by atoms with Gasteiger partial charge in [0.2, 0.25) is 6.41 Å². The van der Waals surface area contributed by atoms with Crippen LogP contribution in [0.4, 0.5) is 15.8 Å². The van der Waals surface area contributed by atoms with E-state index in [1.165, 1.54) is 24.3 Å². The van der Waals surface area contributed by atoms with E-state index in [0.29, 0.717) is 12.1 Å². The van der Waals surface area contributed by atoms with E-state index in [1.54, 1.807) is 19.2 Å². The highest BCUT2D eigenvalue weighted by atomic mass is 19.1. The molecule has 0 aliphatic heterocycles. The Kier molecular flexibility index (Phi) is 4.24. The molecule has 0 unspecified atom stereocenters. The number of halogens is 1. The minimum atomic E-state index is -0.511. The lowest BCUT2D eigenvalue weighted by atomic mass is 10.1. The van der Waals surface area contributed by atoms with Gasteiger partial charge in [0, 0.05) is 23.7 Å². The molecule has 2 amide bonds. The van der Waals surface area contributed by atoms with Gasteiger partial charge < -0.3 is 5.32 Å². The molecule has 0 radical (unpaired) electrons. The Morgan fingerprint density at radius 1 is 1.04 bits per heavy atom.